The number of hydrogen-bond donors (Lipinski definition) is 1. The van der Waals surface area contributed by atoms with Crippen molar-refractivity contribution < 1.29 is 18.3 Å². The van der Waals surface area contributed by atoms with Crippen LogP contribution in [0.5, 0.6) is 11.5 Å². The summed E-state index contributed by atoms with van der Waals surface area (Å²) in [7, 11) is 0. The van der Waals surface area contributed by atoms with E-state index in [2.05, 4.69) is 15.3 Å². The first-order chi connectivity index (χ1) is 10.1. The Morgan fingerprint density at radius 2 is 1.86 bits per heavy atom. The molecular formula is C14H13F2N3O2. The number of nitrogens with zero attached hydrogens (tertiary/aromatic N) is 2. The zero-order valence-electron chi connectivity index (χ0n) is 11.3. The minimum atomic E-state index is -2.63. The van der Waals surface area contributed by atoms with Crippen LogP contribution < -0.4 is 14.8 Å². The molecule has 0 bridgehead atoms. The van der Waals surface area contributed by atoms with Crippen LogP contribution in [0.3, 0.4) is 0 Å². The molecule has 2 heterocycles. The number of fused-ring (bicyclic) bond motifs is 1. The van der Waals surface area contributed by atoms with Gasteiger partial charge in [0.25, 0.3) is 6.43 Å². The molecule has 110 valence electrons. The van der Waals surface area contributed by atoms with Gasteiger partial charge in [0.2, 0.25) is 0 Å². The van der Waals surface area contributed by atoms with Gasteiger partial charge in [-0.25, -0.2) is 18.7 Å². The van der Waals surface area contributed by atoms with Crippen LogP contribution in [0.25, 0.3) is 0 Å². The van der Waals surface area contributed by atoms with Gasteiger partial charge in [-0.2, -0.15) is 0 Å². The van der Waals surface area contributed by atoms with E-state index in [0.29, 0.717) is 36.2 Å². The van der Waals surface area contributed by atoms with Crippen molar-refractivity contribution in [2.45, 2.75) is 13.3 Å². The van der Waals surface area contributed by atoms with Crippen LogP contribution in [0, 0.1) is 6.92 Å². The molecule has 5 nitrogen and oxygen atoms in total. The van der Waals surface area contributed by atoms with E-state index in [-0.39, 0.29) is 11.5 Å². The maximum atomic E-state index is 12.7. The number of aromatic nitrogens is 2. The molecule has 0 spiro atoms. The molecule has 7 heteroatoms. The smallest absolute Gasteiger partial charge is 0.280 e. The van der Waals surface area contributed by atoms with Crippen LogP contribution in [0.4, 0.5) is 20.3 Å². The van der Waals surface area contributed by atoms with Crippen molar-refractivity contribution >= 4 is 11.5 Å². The van der Waals surface area contributed by atoms with Gasteiger partial charge in [-0.1, -0.05) is 0 Å². The van der Waals surface area contributed by atoms with Crippen molar-refractivity contribution in [2.24, 2.45) is 0 Å². The first kappa shape index (κ1) is 13.5. The van der Waals surface area contributed by atoms with E-state index < -0.39 is 6.43 Å². The number of aryl methyl sites for hydroxylation is 1. The number of rotatable bonds is 3. The van der Waals surface area contributed by atoms with E-state index in [0.717, 1.165) is 0 Å². The van der Waals surface area contributed by atoms with Crippen molar-refractivity contribution in [3.8, 4) is 11.5 Å². The summed E-state index contributed by atoms with van der Waals surface area (Å²) in [6, 6.07) is 6.51. The van der Waals surface area contributed by atoms with Crippen molar-refractivity contribution in [2.75, 3.05) is 18.5 Å². The van der Waals surface area contributed by atoms with E-state index in [1.54, 1.807) is 25.1 Å². The summed E-state index contributed by atoms with van der Waals surface area (Å²) >= 11 is 0. The monoisotopic (exact) mass is 293 g/mol. The minimum Gasteiger partial charge on any atom is -0.486 e. The van der Waals surface area contributed by atoms with E-state index in [1.807, 2.05) is 0 Å². The molecule has 0 saturated carbocycles. The topological polar surface area (TPSA) is 56.3 Å². The molecule has 3 rings (SSSR count). The zero-order valence-corrected chi connectivity index (χ0v) is 11.3. The van der Waals surface area contributed by atoms with Crippen LogP contribution in [-0.2, 0) is 0 Å². The summed E-state index contributed by atoms with van der Waals surface area (Å²) < 4.78 is 36.4. The second-order valence-electron chi connectivity index (χ2n) is 4.51. The first-order valence-electron chi connectivity index (χ1n) is 6.42. The predicted molar refractivity (Wildman–Crippen MR) is 72.4 cm³/mol. The molecule has 0 radical (unpaired) electrons. The lowest BCUT2D eigenvalue weighted by Gasteiger charge is -2.19. The molecular weight excluding hydrogens is 280 g/mol. The summed E-state index contributed by atoms with van der Waals surface area (Å²) in [5.41, 5.74) is 0.375. The molecule has 1 aromatic heterocycles. The predicted octanol–water partition coefficient (Wildman–Crippen LogP) is 3.24. The van der Waals surface area contributed by atoms with Gasteiger partial charge in [-0.05, 0) is 19.1 Å². The SMILES string of the molecule is Cc1nc(Nc2ccc3c(c2)OCCO3)cc(C(F)F)n1. The van der Waals surface area contributed by atoms with E-state index >= 15 is 0 Å². The van der Waals surface area contributed by atoms with Crippen LogP contribution in [-0.4, -0.2) is 23.2 Å². The molecule has 0 atom stereocenters. The van der Waals surface area contributed by atoms with E-state index in [9.17, 15) is 8.78 Å². The normalized spacial score (nSPS) is 13.3. The molecule has 0 aliphatic carbocycles. The van der Waals surface area contributed by atoms with Crippen LogP contribution >= 0.6 is 0 Å². The molecule has 0 fully saturated rings. The highest BCUT2D eigenvalue weighted by Gasteiger charge is 2.14. The highest BCUT2D eigenvalue weighted by Crippen LogP contribution is 2.33. The third kappa shape index (κ3) is 3.01. The summed E-state index contributed by atoms with van der Waals surface area (Å²) in [5, 5.41) is 2.97. The van der Waals surface area contributed by atoms with Gasteiger partial charge in [0.05, 0.1) is 0 Å². The second kappa shape index (κ2) is 5.51. The van der Waals surface area contributed by atoms with Crippen molar-refractivity contribution in [3.05, 3.63) is 35.8 Å². The van der Waals surface area contributed by atoms with E-state index in [4.69, 9.17) is 9.47 Å². The average Bonchev–Trinajstić information content (AvgIpc) is 2.46. The minimum absolute atomic E-state index is 0.285. The number of benzene rings is 1. The number of ether oxygens (including phenoxy) is 2. The molecule has 0 saturated heterocycles. The lowest BCUT2D eigenvalue weighted by Crippen LogP contribution is -2.15. The van der Waals surface area contributed by atoms with Crippen LogP contribution in [0.1, 0.15) is 17.9 Å². The van der Waals surface area contributed by atoms with Crippen LogP contribution in [0.2, 0.25) is 0 Å². The van der Waals surface area contributed by atoms with Crippen molar-refractivity contribution in [1.29, 1.82) is 0 Å². The second-order valence-corrected chi connectivity index (χ2v) is 4.51. The van der Waals surface area contributed by atoms with Crippen molar-refractivity contribution in [1.82, 2.24) is 9.97 Å². The fourth-order valence-electron chi connectivity index (χ4n) is 2.04. The van der Waals surface area contributed by atoms with Gasteiger partial charge in [0.15, 0.2) is 11.5 Å². The first-order valence-corrected chi connectivity index (χ1v) is 6.42. The molecule has 1 aliphatic heterocycles. The Hall–Kier alpha value is -2.44. The average molecular weight is 293 g/mol. The molecule has 2 aromatic rings. The van der Waals surface area contributed by atoms with Gasteiger partial charge in [-0.15, -0.1) is 0 Å². The standard InChI is InChI=1S/C14H13F2N3O2/c1-8-17-10(14(15)16)7-13(18-8)19-9-2-3-11-12(6-9)21-5-4-20-11/h2-3,6-7,14H,4-5H2,1H3,(H,17,18,19). The Labute approximate surface area is 119 Å². The van der Waals surface area contributed by atoms with Crippen LogP contribution in [0.15, 0.2) is 24.3 Å². The molecule has 1 N–H and O–H groups in total. The Morgan fingerprint density at radius 3 is 2.62 bits per heavy atom. The number of anilines is 2. The largest absolute Gasteiger partial charge is 0.486 e. The lowest BCUT2D eigenvalue weighted by atomic mass is 10.2. The Bertz CT molecular complexity index is 665. The highest BCUT2D eigenvalue weighted by atomic mass is 19.3. The van der Waals surface area contributed by atoms with Gasteiger partial charge < -0.3 is 14.8 Å². The Morgan fingerprint density at radius 1 is 1.10 bits per heavy atom. The summed E-state index contributed by atoms with van der Waals surface area (Å²) in [6.45, 7) is 2.57. The quantitative estimate of drug-likeness (QED) is 0.941. The third-order valence-electron chi connectivity index (χ3n) is 2.90. The zero-order chi connectivity index (χ0) is 14.8. The Balaban J connectivity index is 1.86. The molecule has 21 heavy (non-hydrogen) atoms. The fourth-order valence-corrected chi connectivity index (χ4v) is 2.04. The van der Waals surface area contributed by atoms with E-state index in [1.165, 1.54) is 6.07 Å². The number of alkyl halides is 2. The maximum absolute atomic E-state index is 12.7. The number of hydrogen-bond acceptors (Lipinski definition) is 5. The molecule has 0 amide bonds. The fraction of sp³-hybridized carbons (Fsp3) is 0.286. The summed E-state index contributed by atoms with van der Waals surface area (Å²) in [4.78, 5) is 7.80. The highest BCUT2D eigenvalue weighted by molar-refractivity contribution is 5.61. The van der Waals surface area contributed by atoms with Gasteiger partial charge in [-0.3, -0.25) is 0 Å². The van der Waals surface area contributed by atoms with Gasteiger partial charge in [0.1, 0.15) is 30.5 Å². The molecule has 0 unspecified atom stereocenters. The number of nitrogens with one attached hydrogen (secondary N) is 1. The summed E-state index contributed by atoms with van der Waals surface area (Å²) in [5.74, 6) is 1.88. The molecule has 1 aromatic carbocycles. The number of halogens is 2. The summed E-state index contributed by atoms with van der Waals surface area (Å²) in [6.07, 6.45) is -2.63. The molecule has 1 aliphatic rings. The maximum Gasteiger partial charge on any atom is 0.280 e. The Kier molecular flexibility index (Phi) is 3.55. The van der Waals surface area contributed by atoms with Crippen molar-refractivity contribution in [3.63, 3.8) is 0 Å². The third-order valence-corrected chi connectivity index (χ3v) is 2.90. The van der Waals surface area contributed by atoms with Gasteiger partial charge >= 0.3 is 0 Å². The lowest BCUT2D eigenvalue weighted by molar-refractivity contribution is 0.145. The van der Waals surface area contributed by atoms with Gasteiger partial charge in [0, 0.05) is 17.8 Å².